The van der Waals surface area contributed by atoms with E-state index in [0.717, 1.165) is 12.3 Å². The van der Waals surface area contributed by atoms with Gasteiger partial charge in [0.1, 0.15) is 0 Å². The summed E-state index contributed by atoms with van der Waals surface area (Å²) in [6, 6.07) is 0. The lowest BCUT2D eigenvalue weighted by atomic mass is 10.1. The van der Waals surface area contributed by atoms with Crippen LogP contribution in [0.1, 0.15) is 26.7 Å². The molecule has 0 amide bonds. The Bertz CT molecular complexity index is 61.5. The molecular weight excluding hydrogens is 100 g/mol. The molecule has 0 bridgehead atoms. The number of nitrogens with zero attached hydrogens (tertiary/aromatic N) is 1. The van der Waals surface area contributed by atoms with Gasteiger partial charge in [-0.3, -0.25) is 0 Å². The van der Waals surface area contributed by atoms with Gasteiger partial charge >= 0.3 is 0 Å². The normalized spacial score (nSPS) is 13.2. The van der Waals surface area contributed by atoms with Crippen LogP contribution in [0.5, 0.6) is 0 Å². The molecule has 0 radical (unpaired) electrons. The zero-order valence-corrected chi connectivity index (χ0v) is 5.65. The van der Waals surface area contributed by atoms with Crippen LogP contribution in [0.4, 0.5) is 0 Å². The highest BCUT2D eigenvalue weighted by atomic mass is 14.9. The molecule has 0 unspecified atom stereocenters. The highest BCUT2D eigenvalue weighted by Crippen LogP contribution is 2.04. The lowest BCUT2D eigenvalue weighted by molar-refractivity contribution is 0.517. The summed E-state index contributed by atoms with van der Waals surface area (Å²) in [6.07, 6.45) is 2.27. The fourth-order valence-corrected chi connectivity index (χ4v) is 0.489. The first-order chi connectivity index (χ1) is 3.81. The topological polar surface area (TPSA) is 36.2 Å². The molecule has 0 heterocycles. The summed E-state index contributed by atoms with van der Waals surface area (Å²) in [5, 5.41) is 3.27. The highest BCUT2D eigenvalue weighted by molar-refractivity contribution is 4.49. The average Bonchev–Trinajstić information content (AvgIpc) is 1.83. The Balaban J connectivity index is 2.97. The molecule has 2 heteroatoms. The van der Waals surface area contributed by atoms with Gasteiger partial charge in [0, 0.05) is 0 Å². The minimum absolute atomic E-state index is 0.703. The summed E-state index contributed by atoms with van der Waals surface area (Å²) < 4.78 is 0. The Morgan fingerprint density at radius 1 is 1.62 bits per heavy atom. The largest absolute Gasteiger partial charge is 0.210 e. The molecule has 8 heavy (non-hydrogen) atoms. The number of nitrogens with one attached hydrogen (secondary N) is 1. The van der Waals surface area contributed by atoms with Gasteiger partial charge in [-0.2, -0.15) is 5.11 Å². The molecule has 0 aromatic heterocycles. The van der Waals surface area contributed by atoms with Crippen molar-refractivity contribution in [3.63, 3.8) is 0 Å². The van der Waals surface area contributed by atoms with Crippen molar-refractivity contribution in [3.05, 3.63) is 0 Å². The Hall–Kier alpha value is -0.400. The van der Waals surface area contributed by atoms with Gasteiger partial charge in [-0.15, -0.1) is 0 Å². The van der Waals surface area contributed by atoms with Gasteiger partial charge in [0.25, 0.3) is 0 Å². The predicted octanol–water partition coefficient (Wildman–Crippen LogP) is 2.45. The molecule has 48 valence electrons. The van der Waals surface area contributed by atoms with E-state index in [9.17, 15) is 0 Å². The Labute approximate surface area is 50.8 Å². The van der Waals surface area contributed by atoms with Crippen LogP contribution in [-0.2, 0) is 0 Å². The van der Waals surface area contributed by atoms with Gasteiger partial charge in [-0.25, -0.2) is 5.53 Å². The van der Waals surface area contributed by atoms with Crippen molar-refractivity contribution in [2.75, 3.05) is 6.54 Å². The molecule has 0 aromatic rings. The first-order valence-corrected chi connectivity index (χ1v) is 3.14. The van der Waals surface area contributed by atoms with E-state index in [-0.39, 0.29) is 0 Å². The summed E-state index contributed by atoms with van der Waals surface area (Å²) in [5.41, 5.74) is 6.50. The summed E-state index contributed by atoms with van der Waals surface area (Å²) in [6.45, 7) is 5.05. The molecular formula is C6H14N2. The van der Waals surface area contributed by atoms with Crippen molar-refractivity contribution in [2.24, 2.45) is 11.0 Å². The van der Waals surface area contributed by atoms with E-state index in [1.165, 1.54) is 6.42 Å². The summed E-state index contributed by atoms with van der Waals surface area (Å²) in [7, 11) is 0. The van der Waals surface area contributed by atoms with Crippen molar-refractivity contribution in [1.82, 2.24) is 0 Å². The molecule has 0 fully saturated rings. The van der Waals surface area contributed by atoms with Crippen LogP contribution < -0.4 is 0 Å². The van der Waals surface area contributed by atoms with Crippen molar-refractivity contribution >= 4 is 0 Å². The van der Waals surface area contributed by atoms with Crippen LogP contribution >= 0.6 is 0 Å². The molecule has 1 atom stereocenters. The lowest BCUT2D eigenvalue weighted by Crippen LogP contribution is -1.93. The molecule has 0 aromatic carbocycles. The third kappa shape index (κ3) is 3.78. The maximum absolute atomic E-state index is 6.50. The molecule has 0 aliphatic rings. The molecule has 1 N–H and O–H groups in total. The quantitative estimate of drug-likeness (QED) is 0.545. The monoisotopic (exact) mass is 114 g/mol. The van der Waals surface area contributed by atoms with Crippen LogP contribution in [0.15, 0.2) is 5.11 Å². The van der Waals surface area contributed by atoms with E-state index in [2.05, 4.69) is 19.0 Å². The fourth-order valence-electron chi connectivity index (χ4n) is 0.489. The van der Waals surface area contributed by atoms with Crippen LogP contribution in [0.2, 0.25) is 0 Å². The van der Waals surface area contributed by atoms with Crippen molar-refractivity contribution in [3.8, 4) is 0 Å². The minimum Gasteiger partial charge on any atom is -0.210 e. The average molecular weight is 114 g/mol. The van der Waals surface area contributed by atoms with E-state index < -0.39 is 0 Å². The third-order valence-corrected chi connectivity index (χ3v) is 1.43. The second-order valence-electron chi connectivity index (χ2n) is 2.18. The van der Waals surface area contributed by atoms with Gasteiger partial charge in [0.15, 0.2) is 0 Å². The summed E-state index contributed by atoms with van der Waals surface area (Å²) in [5.74, 6) is 0.740. The molecule has 2 nitrogen and oxygen atoms in total. The van der Waals surface area contributed by atoms with Crippen LogP contribution in [0, 0.1) is 11.4 Å². The third-order valence-electron chi connectivity index (χ3n) is 1.43. The summed E-state index contributed by atoms with van der Waals surface area (Å²) >= 11 is 0. The smallest absolute Gasteiger partial charge is 0.0598 e. The van der Waals surface area contributed by atoms with Crippen LogP contribution in [0.3, 0.4) is 0 Å². The first kappa shape index (κ1) is 7.60. The predicted molar refractivity (Wildman–Crippen MR) is 34.1 cm³/mol. The maximum Gasteiger partial charge on any atom is 0.0598 e. The molecule has 0 aliphatic carbocycles. The Kier molecular flexibility index (Phi) is 4.51. The van der Waals surface area contributed by atoms with Crippen LogP contribution in [-0.4, -0.2) is 6.54 Å². The van der Waals surface area contributed by atoms with Crippen molar-refractivity contribution < 1.29 is 0 Å². The molecule has 0 spiro atoms. The minimum atomic E-state index is 0.703. The molecule has 0 saturated carbocycles. The zero-order valence-electron chi connectivity index (χ0n) is 5.65. The number of hydrogen-bond donors (Lipinski definition) is 1. The number of hydrogen-bond acceptors (Lipinski definition) is 2. The second kappa shape index (κ2) is 4.75. The van der Waals surface area contributed by atoms with E-state index in [1.807, 2.05) is 0 Å². The second-order valence-corrected chi connectivity index (χ2v) is 2.18. The van der Waals surface area contributed by atoms with Gasteiger partial charge in [0.2, 0.25) is 0 Å². The van der Waals surface area contributed by atoms with Crippen molar-refractivity contribution in [2.45, 2.75) is 26.7 Å². The first-order valence-electron chi connectivity index (χ1n) is 3.14. The van der Waals surface area contributed by atoms with E-state index >= 15 is 0 Å². The standard InChI is InChI=1S/C6H14N2/c1-3-6(2)4-5-8-7/h6-7H,3-5H2,1-2H3/t6-/m0/s1. The fraction of sp³-hybridized carbons (Fsp3) is 1.00. The molecule has 0 saturated heterocycles. The Morgan fingerprint density at radius 2 is 2.25 bits per heavy atom. The van der Waals surface area contributed by atoms with Gasteiger partial charge < -0.3 is 0 Å². The van der Waals surface area contributed by atoms with Crippen LogP contribution in [0.25, 0.3) is 0 Å². The maximum atomic E-state index is 6.50. The Morgan fingerprint density at radius 3 is 2.62 bits per heavy atom. The SMILES string of the molecule is CC[C@H](C)CCN=N. The van der Waals surface area contributed by atoms with Gasteiger partial charge in [0.05, 0.1) is 6.54 Å². The van der Waals surface area contributed by atoms with Gasteiger partial charge in [-0.05, 0) is 12.3 Å². The van der Waals surface area contributed by atoms with Gasteiger partial charge in [-0.1, -0.05) is 20.3 Å². The molecule has 0 rings (SSSR count). The lowest BCUT2D eigenvalue weighted by Gasteiger charge is -2.02. The summed E-state index contributed by atoms with van der Waals surface area (Å²) in [4.78, 5) is 0. The highest BCUT2D eigenvalue weighted by Gasteiger charge is 1.94. The zero-order chi connectivity index (χ0) is 6.41. The number of rotatable bonds is 4. The van der Waals surface area contributed by atoms with E-state index in [0.29, 0.717) is 6.54 Å². The van der Waals surface area contributed by atoms with Crippen molar-refractivity contribution in [1.29, 1.82) is 5.53 Å². The van der Waals surface area contributed by atoms with E-state index in [1.54, 1.807) is 0 Å². The van der Waals surface area contributed by atoms with E-state index in [4.69, 9.17) is 5.53 Å². The molecule has 0 aliphatic heterocycles.